The molecule has 2 saturated heterocycles. The van der Waals surface area contributed by atoms with Crippen LogP contribution in [0.15, 0.2) is 85.1 Å². The highest BCUT2D eigenvalue weighted by Crippen LogP contribution is 2.45. The largest absolute Gasteiger partial charge is 0.448 e. The first-order chi connectivity index (χ1) is 18.7. The number of nitrogens with zero attached hydrogens (tertiary/aromatic N) is 2. The van der Waals surface area contributed by atoms with E-state index in [1.54, 1.807) is 6.20 Å². The maximum Gasteiger partial charge on any atom is 0.410 e. The predicted octanol–water partition coefficient (Wildman–Crippen LogP) is 7.00. The molecule has 190 valence electrons. The standard InChI is InChI=1S/C33H30N2O3/c36-32(22-15-14-21-7-6-16-34-31(21)19-22)23-17-24-8-5-9-25(18-23)35(24)33(37)38-20-30-28-12-3-1-10-26(28)27-11-2-4-13-29(27)30/h1-4,6-7,10-16,19,23-25,30H,5,8-9,17-18,20H2. The number of carbonyl (C=O) groups is 2. The number of piperidine rings is 2. The van der Waals surface area contributed by atoms with E-state index in [0.717, 1.165) is 30.2 Å². The van der Waals surface area contributed by atoms with Gasteiger partial charge in [0.25, 0.3) is 0 Å². The van der Waals surface area contributed by atoms with E-state index in [0.29, 0.717) is 25.0 Å². The van der Waals surface area contributed by atoms with Crippen molar-refractivity contribution >= 4 is 22.8 Å². The lowest BCUT2D eigenvalue weighted by Gasteiger charge is -2.47. The minimum Gasteiger partial charge on any atom is -0.448 e. The molecule has 1 aliphatic carbocycles. The first-order valence-corrected chi connectivity index (χ1v) is 13.7. The molecule has 2 aliphatic heterocycles. The zero-order chi connectivity index (χ0) is 25.6. The fourth-order valence-electron chi connectivity index (χ4n) is 7.02. The Labute approximate surface area is 222 Å². The van der Waals surface area contributed by atoms with Crippen LogP contribution >= 0.6 is 0 Å². The Hall–Kier alpha value is -3.99. The van der Waals surface area contributed by atoms with E-state index in [2.05, 4.69) is 53.5 Å². The molecule has 2 unspecified atom stereocenters. The summed E-state index contributed by atoms with van der Waals surface area (Å²) in [6.45, 7) is 0.329. The minimum absolute atomic E-state index is 0.0469. The Morgan fingerprint density at radius 3 is 2.24 bits per heavy atom. The fraction of sp³-hybridized carbons (Fsp3) is 0.303. The first-order valence-electron chi connectivity index (χ1n) is 13.7. The number of rotatable bonds is 4. The molecule has 2 fully saturated rings. The third-order valence-corrected chi connectivity index (χ3v) is 8.78. The molecule has 5 heteroatoms. The quantitative estimate of drug-likeness (QED) is 0.282. The number of ketones is 1. The summed E-state index contributed by atoms with van der Waals surface area (Å²) < 4.78 is 6.04. The van der Waals surface area contributed by atoms with Crippen LogP contribution in [0, 0.1) is 5.92 Å². The molecule has 7 rings (SSSR count). The Bertz CT molecular complexity index is 1490. The molecular formula is C33H30N2O3. The number of ether oxygens (including phenoxy) is 1. The van der Waals surface area contributed by atoms with E-state index in [1.807, 2.05) is 35.2 Å². The lowest BCUT2D eigenvalue weighted by molar-refractivity contribution is 0.00651. The van der Waals surface area contributed by atoms with Crippen molar-refractivity contribution in [1.29, 1.82) is 0 Å². The van der Waals surface area contributed by atoms with Gasteiger partial charge >= 0.3 is 6.09 Å². The van der Waals surface area contributed by atoms with Crippen molar-refractivity contribution < 1.29 is 14.3 Å². The molecule has 1 aromatic heterocycles. The second-order valence-electron chi connectivity index (χ2n) is 10.9. The zero-order valence-electron chi connectivity index (χ0n) is 21.3. The van der Waals surface area contributed by atoms with E-state index in [9.17, 15) is 9.59 Å². The van der Waals surface area contributed by atoms with Crippen LogP contribution in [0.3, 0.4) is 0 Å². The second-order valence-corrected chi connectivity index (χ2v) is 10.9. The van der Waals surface area contributed by atoms with Crippen LogP contribution in [0.2, 0.25) is 0 Å². The summed E-state index contributed by atoms with van der Waals surface area (Å²) in [6.07, 6.45) is 5.84. The van der Waals surface area contributed by atoms with Gasteiger partial charge in [0.1, 0.15) is 6.61 Å². The molecule has 4 aromatic rings. The summed E-state index contributed by atoms with van der Waals surface area (Å²) >= 11 is 0. The van der Waals surface area contributed by atoms with Crippen molar-refractivity contribution in [2.45, 2.75) is 50.1 Å². The number of fused-ring (bicyclic) bond motifs is 6. The average Bonchev–Trinajstić information content (AvgIpc) is 3.28. The summed E-state index contributed by atoms with van der Waals surface area (Å²) in [6, 6.07) is 26.6. The summed E-state index contributed by atoms with van der Waals surface area (Å²) in [5.41, 5.74) is 6.45. The highest BCUT2D eigenvalue weighted by atomic mass is 16.6. The predicted molar refractivity (Wildman–Crippen MR) is 147 cm³/mol. The number of hydrogen-bond acceptors (Lipinski definition) is 4. The van der Waals surface area contributed by atoms with Crippen molar-refractivity contribution in [2.75, 3.05) is 6.61 Å². The van der Waals surface area contributed by atoms with E-state index in [-0.39, 0.29) is 35.8 Å². The summed E-state index contributed by atoms with van der Waals surface area (Å²) in [7, 11) is 0. The molecule has 38 heavy (non-hydrogen) atoms. The van der Waals surface area contributed by atoms with Gasteiger partial charge in [-0.1, -0.05) is 66.7 Å². The lowest BCUT2D eigenvalue weighted by Crippen LogP contribution is -2.55. The van der Waals surface area contributed by atoms with Gasteiger partial charge in [0.05, 0.1) is 5.52 Å². The minimum atomic E-state index is -0.234. The van der Waals surface area contributed by atoms with Gasteiger partial charge in [0.15, 0.2) is 5.78 Å². The number of Topliss-reactive ketones (excluding diaryl/α,β-unsaturated/α-hetero) is 1. The fourth-order valence-corrected chi connectivity index (χ4v) is 7.02. The van der Waals surface area contributed by atoms with Gasteiger partial charge in [0, 0.05) is 41.1 Å². The number of amides is 1. The Morgan fingerprint density at radius 2 is 1.53 bits per heavy atom. The molecule has 0 radical (unpaired) electrons. The second kappa shape index (κ2) is 9.39. The zero-order valence-corrected chi connectivity index (χ0v) is 21.3. The maximum absolute atomic E-state index is 13.5. The van der Waals surface area contributed by atoms with E-state index in [1.165, 1.54) is 22.3 Å². The number of aromatic nitrogens is 1. The van der Waals surface area contributed by atoms with E-state index in [4.69, 9.17) is 4.74 Å². The molecule has 5 nitrogen and oxygen atoms in total. The van der Waals surface area contributed by atoms with Crippen LogP contribution in [-0.4, -0.2) is 40.5 Å². The molecule has 1 amide bonds. The Kier molecular flexibility index (Phi) is 5.72. The van der Waals surface area contributed by atoms with Crippen molar-refractivity contribution in [3.05, 3.63) is 102 Å². The molecule has 2 atom stereocenters. The molecule has 2 bridgehead atoms. The van der Waals surface area contributed by atoms with E-state index < -0.39 is 0 Å². The van der Waals surface area contributed by atoms with Crippen LogP contribution < -0.4 is 0 Å². The van der Waals surface area contributed by atoms with Gasteiger partial charge in [-0.15, -0.1) is 0 Å². The number of carbonyl (C=O) groups excluding carboxylic acids is 2. The topological polar surface area (TPSA) is 59.5 Å². The van der Waals surface area contributed by atoms with E-state index >= 15 is 0 Å². The third-order valence-electron chi connectivity index (χ3n) is 8.78. The van der Waals surface area contributed by atoms with Gasteiger partial charge in [-0.25, -0.2) is 4.79 Å². The summed E-state index contributed by atoms with van der Waals surface area (Å²) in [4.78, 5) is 33.4. The highest BCUT2D eigenvalue weighted by molar-refractivity contribution is 6.00. The molecule has 0 saturated carbocycles. The molecule has 3 aliphatic rings. The molecule has 3 heterocycles. The highest BCUT2D eigenvalue weighted by Gasteiger charge is 2.44. The molecule has 3 aromatic carbocycles. The number of hydrogen-bond donors (Lipinski definition) is 0. The summed E-state index contributed by atoms with van der Waals surface area (Å²) in [5.74, 6) is 0.137. The maximum atomic E-state index is 13.5. The van der Waals surface area contributed by atoms with Crippen molar-refractivity contribution in [3.8, 4) is 11.1 Å². The smallest absolute Gasteiger partial charge is 0.410 e. The first kappa shape index (κ1) is 23.2. The van der Waals surface area contributed by atoms with Crippen LogP contribution in [0.1, 0.15) is 59.5 Å². The van der Waals surface area contributed by atoms with Crippen LogP contribution in [0.25, 0.3) is 22.0 Å². The van der Waals surface area contributed by atoms with Crippen molar-refractivity contribution in [1.82, 2.24) is 9.88 Å². The normalized spacial score (nSPS) is 22.1. The molecule has 0 N–H and O–H groups in total. The third kappa shape index (κ3) is 3.89. The van der Waals surface area contributed by atoms with Gasteiger partial charge in [0.2, 0.25) is 0 Å². The van der Waals surface area contributed by atoms with Gasteiger partial charge in [-0.2, -0.15) is 0 Å². The monoisotopic (exact) mass is 502 g/mol. The van der Waals surface area contributed by atoms with Crippen LogP contribution in [0.4, 0.5) is 4.79 Å². The Morgan fingerprint density at radius 1 is 0.842 bits per heavy atom. The number of pyridine rings is 1. The van der Waals surface area contributed by atoms with Gasteiger partial charge in [-0.05, 0) is 66.5 Å². The Balaban J connectivity index is 1.07. The van der Waals surface area contributed by atoms with Crippen LogP contribution in [0.5, 0.6) is 0 Å². The number of benzene rings is 3. The van der Waals surface area contributed by atoms with Crippen molar-refractivity contribution in [3.63, 3.8) is 0 Å². The van der Waals surface area contributed by atoms with Gasteiger partial charge in [-0.3, -0.25) is 9.78 Å². The average molecular weight is 503 g/mol. The van der Waals surface area contributed by atoms with Crippen LogP contribution in [-0.2, 0) is 4.74 Å². The summed E-state index contributed by atoms with van der Waals surface area (Å²) in [5, 5.41) is 1.03. The van der Waals surface area contributed by atoms with Gasteiger partial charge < -0.3 is 9.64 Å². The molecular weight excluding hydrogens is 472 g/mol. The SMILES string of the molecule is O=C(c1ccc2cccnc2c1)C1CC2CCCC(C1)N2C(=O)OCC1c2ccccc2-c2ccccc21. The molecule has 0 spiro atoms. The van der Waals surface area contributed by atoms with Crippen molar-refractivity contribution in [2.24, 2.45) is 5.92 Å². The lowest BCUT2D eigenvalue weighted by atomic mass is 9.76.